The first-order chi connectivity index (χ1) is 9.05. The maximum absolute atomic E-state index is 11.3. The van der Waals surface area contributed by atoms with Crippen LogP contribution >= 0.6 is 12.2 Å². The maximum Gasteiger partial charge on any atom is 0.225 e. The Hall–Kier alpha value is -1.95. The lowest BCUT2D eigenvalue weighted by molar-refractivity contribution is -0.119. The molecule has 0 heterocycles. The van der Waals surface area contributed by atoms with Crippen LogP contribution < -0.4 is 16.0 Å². The van der Waals surface area contributed by atoms with Crippen molar-refractivity contribution in [3.63, 3.8) is 0 Å². The minimum atomic E-state index is -0.145. The Morgan fingerprint density at radius 1 is 1.05 bits per heavy atom. The molecule has 0 unspecified atom stereocenters. The molecule has 0 aliphatic carbocycles. The van der Waals surface area contributed by atoms with Crippen LogP contribution in [0.2, 0.25) is 0 Å². The smallest absolute Gasteiger partial charge is 0.225 e. The fourth-order valence-electron chi connectivity index (χ4n) is 1.30. The monoisotopic (exact) mass is 279 g/mol. The number of hydrogen-bond acceptors (Lipinski definition) is 3. The number of amides is 2. The van der Waals surface area contributed by atoms with Crippen molar-refractivity contribution < 1.29 is 9.59 Å². The predicted octanol–water partition coefficient (Wildman–Crippen LogP) is 2.26. The van der Waals surface area contributed by atoms with E-state index in [1.165, 1.54) is 0 Å². The fourth-order valence-corrected chi connectivity index (χ4v) is 1.53. The number of nitrogens with one attached hydrogen (secondary N) is 3. The van der Waals surface area contributed by atoms with Gasteiger partial charge in [0.2, 0.25) is 11.8 Å². The van der Waals surface area contributed by atoms with Gasteiger partial charge in [0, 0.05) is 24.2 Å². The van der Waals surface area contributed by atoms with Crippen molar-refractivity contribution in [2.75, 3.05) is 10.6 Å². The average Bonchev–Trinajstić information content (AvgIpc) is 2.38. The number of hydrogen-bond donors (Lipinski definition) is 3. The van der Waals surface area contributed by atoms with E-state index >= 15 is 0 Å². The van der Waals surface area contributed by atoms with Gasteiger partial charge in [-0.3, -0.25) is 9.59 Å². The Morgan fingerprint density at radius 2 is 1.63 bits per heavy atom. The van der Waals surface area contributed by atoms with Crippen molar-refractivity contribution in [1.29, 1.82) is 0 Å². The minimum absolute atomic E-state index is 0.0565. The topological polar surface area (TPSA) is 70.2 Å². The van der Waals surface area contributed by atoms with Gasteiger partial charge in [-0.15, -0.1) is 0 Å². The van der Waals surface area contributed by atoms with Gasteiger partial charge in [0.1, 0.15) is 0 Å². The highest BCUT2D eigenvalue weighted by Gasteiger charge is 2.04. The Balaban J connectivity index is 2.64. The van der Waals surface area contributed by atoms with E-state index < -0.39 is 0 Å². The van der Waals surface area contributed by atoms with Gasteiger partial charge in [0.25, 0.3) is 0 Å². The molecular weight excluding hydrogens is 262 g/mol. The van der Waals surface area contributed by atoms with Crippen LogP contribution in [0.25, 0.3) is 0 Å². The van der Waals surface area contributed by atoms with Gasteiger partial charge in [-0.2, -0.15) is 0 Å². The van der Waals surface area contributed by atoms with E-state index in [2.05, 4.69) is 16.0 Å². The van der Waals surface area contributed by atoms with Gasteiger partial charge in [0.05, 0.1) is 0 Å². The standard InChI is InChI=1S/C13H17N3O2S/c1-3-11(17)14-9-6-5-7-10(8-9)15-13(19)16-12(18)4-2/h5-8H,3-4H2,1-2H3,(H,14,17)(H2,15,16,18,19). The zero-order chi connectivity index (χ0) is 14.3. The Kier molecular flexibility index (Phi) is 5.95. The quantitative estimate of drug-likeness (QED) is 0.739. The lowest BCUT2D eigenvalue weighted by Crippen LogP contribution is -2.33. The summed E-state index contributed by atoms with van der Waals surface area (Å²) in [6.45, 7) is 3.53. The third-order valence-electron chi connectivity index (χ3n) is 2.30. The van der Waals surface area contributed by atoms with Gasteiger partial charge in [-0.05, 0) is 30.4 Å². The van der Waals surface area contributed by atoms with Crippen LogP contribution in [0.5, 0.6) is 0 Å². The van der Waals surface area contributed by atoms with E-state index in [4.69, 9.17) is 12.2 Å². The summed E-state index contributed by atoms with van der Waals surface area (Å²) in [7, 11) is 0. The molecular formula is C13H17N3O2S. The van der Waals surface area contributed by atoms with Crippen molar-refractivity contribution in [3.8, 4) is 0 Å². The van der Waals surface area contributed by atoms with E-state index in [1.54, 1.807) is 38.1 Å². The number of carbonyl (C=O) groups excluding carboxylic acids is 2. The Bertz CT molecular complexity index is 489. The van der Waals surface area contributed by atoms with Gasteiger partial charge in [-0.25, -0.2) is 0 Å². The van der Waals surface area contributed by atoms with Gasteiger partial charge in [-0.1, -0.05) is 19.9 Å². The fraction of sp³-hybridized carbons (Fsp3) is 0.308. The third-order valence-corrected chi connectivity index (χ3v) is 2.50. The summed E-state index contributed by atoms with van der Waals surface area (Å²) in [4.78, 5) is 22.5. The van der Waals surface area contributed by atoms with E-state index in [-0.39, 0.29) is 16.9 Å². The van der Waals surface area contributed by atoms with Crippen molar-refractivity contribution in [3.05, 3.63) is 24.3 Å². The lowest BCUT2D eigenvalue weighted by Gasteiger charge is -2.10. The van der Waals surface area contributed by atoms with E-state index in [1.807, 2.05) is 0 Å². The normalized spacial score (nSPS) is 9.58. The highest BCUT2D eigenvalue weighted by Crippen LogP contribution is 2.15. The minimum Gasteiger partial charge on any atom is -0.332 e. The predicted molar refractivity (Wildman–Crippen MR) is 80.0 cm³/mol. The van der Waals surface area contributed by atoms with Crippen LogP contribution in [0.15, 0.2) is 24.3 Å². The second-order valence-electron chi connectivity index (χ2n) is 3.84. The third kappa shape index (κ3) is 5.48. The second-order valence-corrected chi connectivity index (χ2v) is 4.25. The van der Waals surface area contributed by atoms with E-state index in [0.29, 0.717) is 24.2 Å². The molecule has 0 fully saturated rings. The molecule has 0 saturated heterocycles. The first-order valence-electron chi connectivity index (χ1n) is 6.06. The summed E-state index contributed by atoms with van der Waals surface area (Å²) in [5.74, 6) is -0.202. The van der Waals surface area contributed by atoms with E-state index in [0.717, 1.165) is 0 Å². The Labute approximate surface area is 117 Å². The SMILES string of the molecule is CCC(=O)NC(=S)Nc1cccc(NC(=O)CC)c1. The van der Waals surface area contributed by atoms with Crippen LogP contribution in [0.4, 0.5) is 11.4 Å². The van der Waals surface area contributed by atoms with Crippen LogP contribution in [0.1, 0.15) is 26.7 Å². The highest BCUT2D eigenvalue weighted by atomic mass is 32.1. The maximum atomic E-state index is 11.3. The van der Waals surface area contributed by atoms with Crippen molar-refractivity contribution >= 4 is 40.5 Å². The molecule has 1 aromatic carbocycles. The molecule has 0 spiro atoms. The zero-order valence-electron chi connectivity index (χ0n) is 10.9. The molecule has 0 aliphatic rings. The Morgan fingerprint density at radius 3 is 2.21 bits per heavy atom. The average molecular weight is 279 g/mol. The molecule has 0 aromatic heterocycles. The molecule has 0 atom stereocenters. The molecule has 0 aliphatic heterocycles. The lowest BCUT2D eigenvalue weighted by atomic mass is 10.2. The molecule has 2 amide bonds. The van der Waals surface area contributed by atoms with Crippen LogP contribution in [-0.4, -0.2) is 16.9 Å². The van der Waals surface area contributed by atoms with Crippen molar-refractivity contribution in [1.82, 2.24) is 5.32 Å². The second kappa shape index (κ2) is 7.48. The largest absolute Gasteiger partial charge is 0.332 e. The van der Waals surface area contributed by atoms with Gasteiger partial charge in [0.15, 0.2) is 5.11 Å². The van der Waals surface area contributed by atoms with E-state index in [9.17, 15) is 9.59 Å². The summed E-state index contributed by atoms with van der Waals surface area (Å²) >= 11 is 5.00. The molecule has 5 nitrogen and oxygen atoms in total. The summed E-state index contributed by atoms with van der Waals surface area (Å²) in [5.41, 5.74) is 1.39. The van der Waals surface area contributed by atoms with Gasteiger partial charge >= 0.3 is 0 Å². The molecule has 0 bridgehead atoms. The molecule has 6 heteroatoms. The molecule has 0 saturated carbocycles. The highest BCUT2D eigenvalue weighted by molar-refractivity contribution is 7.80. The zero-order valence-corrected chi connectivity index (χ0v) is 11.8. The number of anilines is 2. The first kappa shape index (κ1) is 15.1. The van der Waals surface area contributed by atoms with Crippen molar-refractivity contribution in [2.45, 2.75) is 26.7 Å². The number of benzene rings is 1. The molecule has 19 heavy (non-hydrogen) atoms. The van der Waals surface area contributed by atoms with Crippen LogP contribution in [0, 0.1) is 0 Å². The number of carbonyl (C=O) groups is 2. The molecule has 1 aromatic rings. The van der Waals surface area contributed by atoms with Gasteiger partial charge < -0.3 is 16.0 Å². The molecule has 3 N–H and O–H groups in total. The summed E-state index contributed by atoms with van der Waals surface area (Å²) in [6, 6.07) is 7.12. The summed E-state index contributed by atoms with van der Waals surface area (Å²) < 4.78 is 0. The molecule has 0 radical (unpaired) electrons. The van der Waals surface area contributed by atoms with Crippen LogP contribution in [-0.2, 0) is 9.59 Å². The van der Waals surface area contributed by atoms with Crippen LogP contribution in [0.3, 0.4) is 0 Å². The molecule has 1 rings (SSSR count). The van der Waals surface area contributed by atoms with Crippen molar-refractivity contribution in [2.24, 2.45) is 0 Å². The first-order valence-corrected chi connectivity index (χ1v) is 6.46. The number of rotatable bonds is 4. The number of thiocarbonyl (C=S) groups is 1. The summed E-state index contributed by atoms with van der Waals surface area (Å²) in [6.07, 6.45) is 0.789. The molecule has 102 valence electrons. The summed E-state index contributed by atoms with van der Waals surface area (Å²) in [5, 5.41) is 8.42.